The predicted octanol–water partition coefficient (Wildman–Crippen LogP) is 3.91. The average molecular weight is 454 g/mol. The number of hydrogen-bond acceptors (Lipinski definition) is 6. The van der Waals surface area contributed by atoms with Crippen LogP contribution in [-0.4, -0.2) is 55.0 Å². The fourth-order valence-corrected chi connectivity index (χ4v) is 4.48. The zero-order valence-corrected chi connectivity index (χ0v) is 19.7. The zero-order valence-electron chi connectivity index (χ0n) is 19.7. The van der Waals surface area contributed by atoms with Gasteiger partial charge in [-0.2, -0.15) is 0 Å². The molecule has 0 saturated carbocycles. The molecule has 8 heteroatoms. The summed E-state index contributed by atoms with van der Waals surface area (Å²) < 4.78 is 11.8. The first-order valence-electron chi connectivity index (χ1n) is 12.0. The maximum absolute atomic E-state index is 12.3. The topological polar surface area (TPSA) is 97.4 Å². The SMILES string of the molecule is CCC1(COc2ccc(-c3cncc(NC(=O)NC4CCCNC4)n3)cc2C)CCOCC1. The van der Waals surface area contributed by atoms with Crippen LogP contribution < -0.4 is 20.7 Å². The lowest BCUT2D eigenvalue weighted by atomic mass is 9.79. The first-order chi connectivity index (χ1) is 16.1. The predicted molar refractivity (Wildman–Crippen MR) is 129 cm³/mol. The van der Waals surface area contributed by atoms with Crippen LogP contribution in [0.5, 0.6) is 5.75 Å². The fraction of sp³-hybridized carbons (Fsp3) is 0.560. The number of hydrogen-bond donors (Lipinski definition) is 3. The number of amides is 2. The summed E-state index contributed by atoms with van der Waals surface area (Å²) in [5, 5.41) is 9.08. The molecule has 1 unspecified atom stereocenters. The minimum Gasteiger partial charge on any atom is -0.493 e. The molecule has 2 saturated heterocycles. The lowest BCUT2D eigenvalue weighted by Crippen LogP contribution is -2.47. The normalized spacial score (nSPS) is 20.1. The van der Waals surface area contributed by atoms with Crippen LogP contribution in [0.3, 0.4) is 0 Å². The number of carbonyl (C=O) groups excluding carboxylic acids is 1. The van der Waals surface area contributed by atoms with Crippen molar-refractivity contribution in [3.05, 3.63) is 36.2 Å². The first-order valence-corrected chi connectivity index (χ1v) is 12.0. The lowest BCUT2D eigenvalue weighted by molar-refractivity contribution is -0.0121. The zero-order chi connectivity index (χ0) is 23.1. The number of anilines is 1. The number of nitrogens with one attached hydrogen (secondary N) is 3. The largest absolute Gasteiger partial charge is 0.493 e. The highest BCUT2D eigenvalue weighted by Gasteiger charge is 2.31. The van der Waals surface area contributed by atoms with Crippen molar-refractivity contribution >= 4 is 11.8 Å². The number of carbonyl (C=O) groups is 1. The van der Waals surface area contributed by atoms with Crippen molar-refractivity contribution in [2.24, 2.45) is 5.41 Å². The Morgan fingerprint density at radius 1 is 1.30 bits per heavy atom. The Morgan fingerprint density at radius 2 is 2.15 bits per heavy atom. The highest BCUT2D eigenvalue weighted by molar-refractivity contribution is 5.88. The van der Waals surface area contributed by atoms with E-state index in [1.165, 1.54) is 0 Å². The number of ether oxygens (including phenoxy) is 2. The van der Waals surface area contributed by atoms with Crippen LogP contribution in [0.4, 0.5) is 10.6 Å². The van der Waals surface area contributed by atoms with E-state index in [0.29, 0.717) is 18.1 Å². The molecular weight excluding hydrogens is 418 g/mol. The van der Waals surface area contributed by atoms with Gasteiger partial charge in [0.05, 0.1) is 24.7 Å². The Labute approximate surface area is 195 Å². The summed E-state index contributed by atoms with van der Waals surface area (Å²) in [5.74, 6) is 1.32. The van der Waals surface area contributed by atoms with Crippen LogP contribution in [0, 0.1) is 12.3 Å². The summed E-state index contributed by atoms with van der Waals surface area (Å²) in [6.07, 6.45) is 8.48. The molecule has 0 aliphatic carbocycles. The summed E-state index contributed by atoms with van der Waals surface area (Å²) in [7, 11) is 0. The van der Waals surface area contributed by atoms with Crippen molar-refractivity contribution in [1.29, 1.82) is 0 Å². The van der Waals surface area contributed by atoms with Gasteiger partial charge in [0, 0.05) is 36.8 Å². The van der Waals surface area contributed by atoms with Gasteiger partial charge in [-0.25, -0.2) is 9.78 Å². The van der Waals surface area contributed by atoms with Gasteiger partial charge >= 0.3 is 6.03 Å². The van der Waals surface area contributed by atoms with E-state index < -0.39 is 0 Å². The number of aromatic nitrogens is 2. The Kier molecular flexibility index (Phi) is 7.77. The molecule has 3 N–H and O–H groups in total. The van der Waals surface area contributed by atoms with Crippen molar-refractivity contribution < 1.29 is 14.3 Å². The number of benzene rings is 1. The molecule has 0 spiro atoms. The standard InChI is InChI=1S/C25H35N5O3/c1-3-25(8-11-32-12-9-25)17-33-22-7-6-19(13-18(22)2)21-15-27-16-23(29-21)30-24(31)28-20-5-4-10-26-14-20/h6-7,13,15-16,20,26H,3-5,8-12,14,17H2,1-2H3,(H2,28,29,30,31). The Bertz CT molecular complexity index is 939. The molecule has 33 heavy (non-hydrogen) atoms. The Hall–Kier alpha value is -2.71. The molecule has 0 bridgehead atoms. The van der Waals surface area contributed by atoms with E-state index in [0.717, 1.165) is 75.3 Å². The van der Waals surface area contributed by atoms with Crippen molar-refractivity contribution in [1.82, 2.24) is 20.6 Å². The molecule has 2 aliphatic heterocycles. The monoisotopic (exact) mass is 453 g/mol. The van der Waals surface area contributed by atoms with Crippen LogP contribution in [0.1, 0.15) is 44.6 Å². The molecule has 0 radical (unpaired) electrons. The molecule has 1 atom stereocenters. The van der Waals surface area contributed by atoms with Gasteiger partial charge in [-0.3, -0.25) is 10.3 Å². The molecule has 178 valence electrons. The minimum absolute atomic E-state index is 0.137. The van der Waals surface area contributed by atoms with Crippen molar-refractivity contribution in [2.45, 2.75) is 52.0 Å². The molecule has 3 heterocycles. The highest BCUT2D eigenvalue weighted by atomic mass is 16.5. The molecule has 2 aromatic rings. The van der Waals surface area contributed by atoms with E-state index in [4.69, 9.17) is 9.47 Å². The third-order valence-corrected chi connectivity index (χ3v) is 6.82. The summed E-state index contributed by atoms with van der Waals surface area (Å²) in [6.45, 7) is 8.41. The highest BCUT2D eigenvalue weighted by Crippen LogP contribution is 2.35. The summed E-state index contributed by atoms with van der Waals surface area (Å²) in [6, 6.07) is 5.93. The number of rotatable bonds is 7. The van der Waals surface area contributed by atoms with Crippen LogP contribution in [0.2, 0.25) is 0 Å². The van der Waals surface area contributed by atoms with Gasteiger partial charge in [-0.1, -0.05) is 6.92 Å². The Morgan fingerprint density at radius 3 is 2.88 bits per heavy atom. The number of nitrogens with zero attached hydrogens (tertiary/aromatic N) is 2. The third-order valence-electron chi connectivity index (χ3n) is 6.82. The van der Waals surface area contributed by atoms with Gasteiger partial charge in [-0.05, 0) is 69.3 Å². The second-order valence-electron chi connectivity index (χ2n) is 9.17. The van der Waals surface area contributed by atoms with Gasteiger partial charge in [0.2, 0.25) is 0 Å². The summed E-state index contributed by atoms with van der Waals surface area (Å²) in [5.41, 5.74) is 2.89. The molecule has 2 amide bonds. The van der Waals surface area contributed by atoms with E-state index >= 15 is 0 Å². The Balaban J connectivity index is 1.38. The first kappa shape index (κ1) is 23.4. The molecule has 8 nitrogen and oxygen atoms in total. The van der Waals surface area contributed by atoms with Gasteiger partial charge in [0.25, 0.3) is 0 Å². The minimum atomic E-state index is -0.256. The van der Waals surface area contributed by atoms with Crippen LogP contribution in [0.15, 0.2) is 30.6 Å². The van der Waals surface area contributed by atoms with Gasteiger partial charge in [0.1, 0.15) is 5.75 Å². The lowest BCUT2D eigenvalue weighted by Gasteiger charge is -2.36. The summed E-state index contributed by atoms with van der Waals surface area (Å²) >= 11 is 0. The summed E-state index contributed by atoms with van der Waals surface area (Å²) in [4.78, 5) is 21.2. The van der Waals surface area contributed by atoms with E-state index in [1.54, 1.807) is 12.4 Å². The third kappa shape index (κ3) is 6.21. The second kappa shape index (κ2) is 10.9. The maximum Gasteiger partial charge on any atom is 0.320 e. The smallest absolute Gasteiger partial charge is 0.320 e. The fourth-order valence-electron chi connectivity index (χ4n) is 4.48. The van der Waals surface area contributed by atoms with Crippen LogP contribution >= 0.6 is 0 Å². The van der Waals surface area contributed by atoms with Crippen molar-refractivity contribution in [2.75, 3.05) is 38.2 Å². The molecule has 4 rings (SSSR count). The number of aryl methyl sites for hydroxylation is 1. The number of urea groups is 1. The number of piperidine rings is 1. The quantitative estimate of drug-likeness (QED) is 0.588. The van der Waals surface area contributed by atoms with Crippen molar-refractivity contribution in [3.63, 3.8) is 0 Å². The van der Waals surface area contributed by atoms with Crippen LogP contribution in [-0.2, 0) is 4.74 Å². The second-order valence-corrected chi connectivity index (χ2v) is 9.17. The van der Waals surface area contributed by atoms with E-state index in [9.17, 15) is 4.79 Å². The van der Waals surface area contributed by atoms with Gasteiger partial charge < -0.3 is 20.1 Å². The average Bonchev–Trinajstić information content (AvgIpc) is 2.84. The van der Waals surface area contributed by atoms with E-state index in [2.05, 4.69) is 38.9 Å². The van der Waals surface area contributed by atoms with E-state index in [-0.39, 0.29) is 17.5 Å². The molecule has 1 aromatic carbocycles. The maximum atomic E-state index is 12.3. The van der Waals surface area contributed by atoms with Gasteiger partial charge in [0.15, 0.2) is 5.82 Å². The van der Waals surface area contributed by atoms with Gasteiger partial charge in [-0.15, -0.1) is 0 Å². The van der Waals surface area contributed by atoms with Crippen molar-refractivity contribution in [3.8, 4) is 17.0 Å². The molecule has 1 aromatic heterocycles. The molecule has 2 fully saturated rings. The van der Waals surface area contributed by atoms with Crippen LogP contribution in [0.25, 0.3) is 11.3 Å². The van der Waals surface area contributed by atoms with E-state index in [1.807, 2.05) is 19.1 Å². The molecular formula is C25H35N5O3. The molecule has 2 aliphatic rings.